The van der Waals surface area contributed by atoms with Crippen LogP contribution >= 0.6 is 0 Å². The van der Waals surface area contributed by atoms with Gasteiger partial charge in [-0.3, -0.25) is 0 Å². The van der Waals surface area contributed by atoms with Gasteiger partial charge in [0.1, 0.15) is 6.10 Å². The lowest BCUT2D eigenvalue weighted by Crippen LogP contribution is -2.11. The Labute approximate surface area is 115 Å². The normalized spacial score (nSPS) is 10.8. The zero-order valence-corrected chi connectivity index (χ0v) is 11.3. The van der Waals surface area contributed by atoms with Crippen molar-refractivity contribution in [3.8, 4) is 0 Å². The van der Waals surface area contributed by atoms with Crippen molar-refractivity contribution in [3.05, 3.63) is 71.8 Å². The molecule has 0 spiro atoms. The molecule has 0 aliphatic carbocycles. The molecule has 2 nitrogen and oxygen atoms in total. The Hall–Kier alpha value is -1.64. The van der Waals surface area contributed by atoms with Crippen molar-refractivity contribution in [2.45, 2.75) is 13.0 Å². The molecule has 0 saturated heterocycles. The standard InChI is InChI=1S/C17H20O2/c1-2-18-13-14-19-17(15-9-5-3-6-10-15)16-11-7-4-8-12-16/h3-12,17H,2,13-14H2,1H3. The molecule has 0 saturated carbocycles. The maximum atomic E-state index is 5.99. The minimum Gasteiger partial charge on any atom is -0.379 e. The fourth-order valence-electron chi connectivity index (χ4n) is 2.01. The second-order valence-electron chi connectivity index (χ2n) is 4.27. The van der Waals surface area contributed by atoms with Crippen molar-refractivity contribution < 1.29 is 9.47 Å². The van der Waals surface area contributed by atoms with Crippen molar-refractivity contribution in [1.29, 1.82) is 0 Å². The van der Waals surface area contributed by atoms with Crippen LogP contribution in [0.15, 0.2) is 60.7 Å². The first-order chi connectivity index (χ1) is 9.42. The molecule has 0 heterocycles. The summed E-state index contributed by atoms with van der Waals surface area (Å²) in [6, 6.07) is 20.6. The van der Waals surface area contributed by atoms with Gasteiger partial charge in [-0.1, -0.05) is 60.7 Å². The Kier molecular flexibility index (Phi) is 5.60. The van der Waals surface area contributed by atoms with Crippen LogP contribution in [-0.2, 0) is 9.47 Å². The summed E-state index contributed by atoms with van der Waals surface area (Å²) in [5.74, 6) is 0. The Morgan fingerprint density at radius 1 is 0.789 bits per heavy atom. The van der Waals surface area contributed by atoms with Crippen LogP contribution in [0.2, 0.25) is 0 Å². The highest BCUT2D eigenvalue weighted by atomic mass is 16.5. The molecule has 0 aliphatic heterocycles. The molecule has 0 bridgehead atoms. The summed E-state index contributed by atoms with van der Waals surface area (Å²) in [5.41, 5.74) is 2.34. The molecular weight excluding hydrogens is 236 g/mol. The molecule has 2 aromatic carbocycles. The molecule has 0 radical (unpaired) electrons. The number of benzene rings is 2. The van der Waals surface area contributed by atoms with E-state index in [1.807, 2.05) is 43.3 Å². The Balaban J connectivity index is 2.10. The van der Waals surface area contributed by atoms with E-state index >= 15 is 0 Å². The monoisotopic (exact) mass is 256 g/mol. The molecule has 0 atom stereocenters. The predicted molar refractivity (Wildman–Crippen MR) is 77.2 cm³/mol. The van der Waals surface area contributed by atoms with Crippen molar-refractivity contribution in [2.75, 3.05) is 19.8 Å². The van der Waals surface area contributed by atoms with Gasteiger partial charge in [0.05, 0.1) is 13.2 Å². The molecule has 0 aliphatic rings. The van der Waals surface area contributed by atoms with E-state index in [9.17, 15) is 0 Å². The minimum absolute atomic E-state index is 0.0251. The summed E-state index contributed by atoms with van der Waals surface area (Å²) in [6.07, 6.45) is -0.0251. The molecule has 2 aromatic rings. The summed E-state index contributed by atoms with van der Waals surface area (Å²) in [5, 5.41) is 0. The van der Waals surface area contributed by atoms with Gasteiger partial charge >= 0.3 is 0 Å². The largest absolute Gasteiger partial charge is 0.379 e. The van der Waals surface area contributed by atoms with Gasteiger partial charge in [0, 0.05) is 6.61 Å². The molecular formula is C17H20O2. The van der Waals surface area contributed by atoms with Gasteiger partial charge < -0.3 is 9.47 Å². The van der Waals surface area contributed by atoms with Gasteiger partial charge in [0.25, 0.3) is 0 Å². The van der Waals surface area contributed by atoms with Gasteiger partial charge in [-0.25, -0.2) is 0 Å². The first-order valence-corrected chi connectivity index (χ1v) is 6.71. The van der Waals surface area contributed by atoms with Crippen LogP contribution in [0.3, 0.4) is 0 Å². The third-order valence-corrected chi connectivity index (χ3v) is 2.92. The van der Waals surface area contributed by atoms with E-state index in [-0.39, 0.29) is 6.10 Å². The van der Waals surface area contributed by atoms with Gasteiger partial charge in [0.2, 0.25) is 0 Å². The first-order valence-electron chi connectivity index (χ1n) is 6.71. The van der Waals surface area contributed by atoms with E-state index < -0.39 is 0 Å². The zero-order valence-electron chi connectivity index (χ0n) is 11.3. The Morgan fingerprint density at radius 2 is 1.32 bits per heavy atom. The fourth-order valence-corrected chi connectivity index (χ4v) is 2.01. The van der Waals surface area contributed by atoms with Crippen molar-refractivity contribution in [1.82, 2.24) is 0 Å². The first kappa shape index (κ1) is 13.8. The molecule has 19 heavy (non-hydrogen) atoms. The number of hydrogen-bond acceptors (Lipinski definition) is 2. The molecule has 0 amide bonds. The van der Waals surface area contributed by atoms with Gasteiger partial charge in [-0.05, 0) is 18.1 Å². The number of ether oxygens (including phenoxy) is 2. The Bertz CT molecular complexity index is 414. The maximum Gasteiger partial charge on any atom is 0.108 e. The lowest BCUT2D eigenvalue weighted by atomic mass is 10.0. The maximum absolute atomic E-state index is 5.99. The van der Waals surface area contributed by atoms with E-state index in [0.717, 1.165) is 6.61 Å². The second kappa shape index (κ2) is 7.72. The van der Waals surface area contributed by atoms with Crippen LogP contribution in [0.25, 0.3) is 0 Å². The fraction of sp³-hybridized carbons (Fsp3) is 0.294. The molecule has 2 rings (SSSR count). The highest BCUT2D eigenvalue weighted by Gasteiger charge is 2.13. The van der Waals surface area contributed by atoms with Crippen LogP contribution in [0.1, 0.15) is 24.2 Å². The van der Waals surface area contributed by atoms with E-state index in [4.69, 9.17) is 9.47 Å². The van der Waals surface area contributed by atoms with E-state index in [1.54, 1.807) is 0 Å². The number of hydrogen-bond donors (Lipinski definition) is 0. The zero-order chi connectivity index (χ0) is 13.3. The molecule has 0 N–H and O–H groups in total. The smallest absolute Gasteiger partial charge is 0.108 e. The quantitative estimate of drug-likeness (QED) is 0.701. The lowest BCUT2D eigenvalue weighted by Gasteiger charge is -2.19. The van der Waals surface area contributed by atoms with E-state index in [1.165, 1.54) is 11.1 Å². The molecule has 0 unspecified atom stereocenters. The van der Waals surface area contributed by atoms with Gasteiger partial charge in [0.15, 0.2) is 0 Å². The average Bonchev–Trinajstić information content (AvgIpc) is 2.49. The highest BCUT2D eigenvalue weighted by Crippen LogP contribution is 2.25. The van der Waals surface area contributed by atoms with Gasteiger partial charge in [-0.2, -0.15) is 0 Å². The predicted octanol–water partition coefficient (Wildman–Crippen LogP) is 3.83. The number of rotatable bonds is 7. The summed E-state index contributed by atoms with van der Waals surface area (Å²) in [4.78, 5) is 0. The van der Waals surface area contributed by atoms with Crippen LogP contribution in [0, 0.1) is 0 Å². The van der Waals surface area contributed by atoms with E-state index in [2.05, 4.69) is 24.3 Å². The summed E-state index contributed by atoms with van der Waals surface area (Å²) < 4.78 is 11.3. The summed E-state index contributed by atoms with van der Waals surface area (Å²) in [6.45, 7) is 3.95. The average molecular weight is 256 g/mol. The second-order valence-corrected chi connectivity index (χ2v) is 4.27. The molecule has 100 valence electrons. The molecule has 0 aromatic heterocycles. The van der Waals surface area contributed by atoms with Crippen molar-refractivity contribution in [3.63, 3.8) is 0 Å². The van der Waals surface area contributed by atoms with Crippen molar-refractivity contribution in [2.24, 2.45) is 0 Å². The Morgan fingerprint density at radius 3 is 1.79 bits per heavy atom. The molecule has 0 fully saturated rings. The lowest BCUT2D eigenvalue weighted by molar-refractivity contribution is 0.0233. The van der Waals surface area contributed by atoms with Crippen LogP contribution < -0.4 is 0 Å². The third-order valence-electron chi connectivity index (χ3n) is 2.92. The van der Waals surface area contributed by atoms with Crippen LogP contribution in [-0.4, -0.2) is 19.8 Å². The van der Waals surface area contributed by atoms with Crippen LogP contribution in [0.5, 0.6) is 0 Å². The summed E-state index contributed by atoms with van der Waals surface area (Å²) in [7, 11) is 0. The van der Waals surface area contributed by atoms with Crippen molar-refractivity contribution >= 4 is 0 Å². The topological polar surface area (TPSA) is 18.5 Å². The summed E-state index contributed by atoms with van der Waals surface area (Å²) >= 11 is 0. The minimum atomic E-state index is -0.0251. The molecule has 2 heteroatoms. The third kappa shape index (κ3) is 4.19. The van der Waals surface area contributed by atoms with Gasteiger partial charge in [-0.15, -0.1) is 0 Å². The highest BCUT2D eigenvalue weighted by molar-refractivity contribution is 5.29. The van der Waals surface area contributed by atoms with Crippen LogP contribution in [0.4, 0.5) is 0 Å². The SMILES string of the molecule is CCOCCOC(c1ccccc1)c1ccccc1. The van der Waals surface area contributed by atoms with E-state index in [0.29, 0.717) is 13.2 Å².